The molecule has 0 bridgehead atoms. The van der Waals surface area contributed by atoms with Gasteiger partial charge in [0.1, 0.15) is 23.9 Å². The molecule has 0 saturated carbocycles. The summed E-state index contributed by atoms with van der Waals surface area (Å²) in [6.45, 7) is 5.11. The van der Waals surface area contributed by atoms with Crippen LogP contribution in [-0.2, 0) is 31.2 Å². The van der Waals surface area contributed by atoms with Crippen LogP contribution in [0.4, 0.5) is 15.3 Å². The van der Waals surface area contributed by atoms with Crippen LogP contribution < -0.4 is 4.90 Å². The van der Waals surface area contributed by atoms with Crippen LogP contribution in [0.3, 0.4) is 0 Å². The highest BCUT2D eigenvalue weighted by Crippen LogP contribution is 2.53. The highest BCUT2D eigenvalue weighted by atomic mass is 16.6. The first kappa shape index (κ1) is 23.6. The molecule has 9 nitrogen and oxygen atoms in total. The molecule has 0 unspecified atom stereocenters. The van der Waals surface area contributed by atoms with Gasteiger partial charge in [0, 0.05) is 12.0 Å². The van der Waals surface area contributed by atoms with Gasteiger partial charge in [-0.25, -0.2) is 14.4 Å². The van der Waals surface area contributed by atoms with Crippen LogP contribution in [-0.4, -0.2) is 53.1 Å². The quantitative estimate of drug-likeness (QED) is 0.543. The largest absolute Gasteiger partial charge is 0.467 e. The van der Waals surface area contributed by atoms with Gasteiger partial charge in [-0.05, 0) is 32.4 Å². The Bertz CT molecular complexity index is 1100. The third-order valence-corrected chi connectivity index (χ3v) is 5.88. The third-order valence-electron chi connectivity index (χ3n) is 5.88. The Morgan fingerprint density at radius 1 is 1.03 bits per heavy atom. The summed E-state index contributed by atoms with van der Waals surface area (Å²) in [5.74, 6) is -0.721. The molecule has 2 aromatic rings. The van der Waals surface area contributed by atoms with Gasteiger partial charge in [-0.15, -0.1) is 0 Å². The summed E-state index contributed by atoms with van der Waals surface area (Å²) in [6, 6.07) is 14.7. The molecule has 0 spiro atoms. The standard InChI is InChI=1S/C25H28N2O7/c1-24(2,3)34-23(30)26-18-13-9-8-12-17(18)25(31)14-19(20(28)32-4)27(21(25)26)22(29)33-15-16-10-6-5-7-11-16/h5-13,19,21,31H,14-15H2,1-4H3/t19-,21+,25-/m0/s1. The number of hydrogen-bond donors (Lipinski definition) is 1. The lowest BCUT2D eigenvalue weighted by molar-refractivity contribution is -0.145. The molecule has 0 radical (unpaired) electrons. The molecule has 180 valence electrons. The number of esters is 1. The molecular formula is C25H28N2O7. The van der Waals surface area contributed by atoms with Crippen LogP contribution in [0.5, 0.6) is 0 Å². The van der Waals surface area contributed by atoms with E-state index in [4.69, 9.17) is 14.2 Å². The number of amides is 2. The van der Waals surface area contributed by atoms with Gasteiger partial charge in [-0.3, -0.25) is 9.80 Å². The lowest BCUT2D eigenvalue weighted by Crippen LogP contribution is -2.57. The van der Waals surface area contributed by atoms with Crippen molar-refractivity contribution in [1.82, 2.24) is 4.90 Å². The van der Waals surface area contributed by atoms with Gasteiger partial charge >= 0.3 is 18.2 Å². The maximum absolute atomic E-state index is 13.3. The van der Waals surface area contributed by atoms with Crippen LogP contribution in [0.25, 0.3) is 0 Å². The molecule has 9 heteroatoms. The number of aliphatic hydroxyl groups is 1. The predicted molar refractivity (Wildman–Crippen MR) is 122 cm³/mol. The van der Waals surface area contributed by atoms with Crippen molar-refractivity contribution in [1.29, 1.82) is 0 Å². The number of carbonyl (C=O) groups excluding carboxylic acids is 3. The van der Waals surface area contributed by atoms with E-state index in [-0.39, 0.29) is 13.0 Å². The fourth-order valence-electron chi connectivity index (χ4n) is 4.53. The SMILES string of the molecule is COC(=O)[C@@H]1C[C@]2(O)c3ccccc3N(C(=O)OC(C)(C)C)[C@@H]2N1C(=O)OCc1ccccc1. The number of likely N-dealkylation sites (tertiary alicyclic amines) is 1. The average molecular weight is 469 g/mol. The number of carbonyl (C=O) groups is 3. The molecule has 1 N–H and O–H groups in total. The topological polar surface area (TPSA) is 106 Å². The highest BCUT2D eigenvalue weighted by molar-refractivity contribution is 5.95. The zero-order valence-corrected chi connectivity index (χ0v) is 19.6. The second-order valence-corrected chi connectivity index (χ2v) is 9.36. The minimum Gasteiger partial charge on any atom is -0.467 e. The lowest BCUT2D eigenvalue weighted by Gasteiger charge is -2.35. The predicted octanol–water partition coefficient (Wildman–Crippen LogP) is 3.54. The number of nitrogens with zero attached hydrogens (tertiary/aromatic N) is 2. The summed E-state index contributed by atoms with van der Waals surface area (Å²) in [5, 5.41) is 11.8. The Morgan fingerprint density at radius 3 is 2.32 bits per heavy atom. The Hall–Kier alpha value is -3.59. The maximum Gasteiger partial charge on any atom is 0.416 e. The van der Waals surface area contributed by atoms with Crippen molar-refractivity contribution in [3.05, 3.63) is 65.7 Å². The lowest BCUT2D eigenvalue weighted by atomic mass is 9.91. The van der Waals surface area contributed by atoms with E-state index in [1.807, 2.05) is 18.2 Å². The molecule has 1 saturated heterocycles. The zero-order valence-electron chi connectivity index (χ0n) is 19.6. The number of fused-ring (bicyclic) bond motifs is 3. The maximum atomic E-state index is 13.3. The number of benzene rings is 2. The molecule has 2 heterocycles. The van der Waals surface area contributed by atoms with Crippen molar-refractivity contribution >= 4 is 23.8 Å². The molecule has 3 atom stereocenters. The van der Waals surface area contributed by atoms with E-state index in [0.717, 1.165) is 10.5 Å². The van der Waals surface area contributed by atoms with Gasteiger partial charge in [-0.1, -0.05) is 48.5 Å². The Morgan fingerprint density at radius 2 is 1.68 bits per heavy atom. The van der Waals surface area contributed by atoms with E-state index in [9.17, 15) is 19.5 Å². The van der Waals surface area contributed by atoms with E-state index < -0.39 is 41.6 Å². The van der Waals surface area contributed by atoms with Gasteiger partial charge in [0.15, 0.2) is 6.17 Å². The number of rotatable bonds is 3. The molecule has 2 aromatic carbocycles. The molecular weight excluding hydrogens is 440 g/mol. The number of anilines is 1. The minimum absolute atomic E-state index is 0.0470. The van der Waals surface area contributed by atoms with Crippen LogP contribution in [0.2, 0.25) is 0 Å². The van der Waals surface area contributed by atoms with Crippen molar-refractivity contribution in [2.45, 2.75) is 57.2 Å². The smallest absolute Gasteiger partial charge is 0.416 e. The van der Waals surface area contributed by atoms with Crippen LogP contribution in [0.15, 0.2) is 54.6 Å². The van der Waals surface area contributed by atoms with Crippen molar-refractivity contribution < 1.29 is 33.7 Å². The van der Waals surface area contributed by atoms with Crippen molar-refractivity contribution in [2.24, 2.45) is 0 Å². The van der Waals surface area contributed by atoms with Gasteiger partial charge in [0.05, 0.1) is 12.8 Å². The average Bonchev–Trinajstić information content (AvgIpc) is 3.24. The first-order chi connectivity index (χ1) is 16.1. The number of para-hydroxylation sites is 1. The third kappa shape index (κ3) is 4.07. The summed E-state index contributed by atoms with van der Waals surface area (Å²) >= 11 is 0. The first-order valence-electron chi connectivity index (χ1n) is 11.0. The number of methoxy groups -OCH3 is 1. The molecule has 4 rings (SSSR count). The van der Waals surface area contributed by atoms with E-state index in [1.54, 1.807) is 57.2 Å². The minimum atomic E-state index is -1.72. The first-order valence-corrected chi connectivity index (χ1v) is 11.0. The molecule has 2 aliphatic rings. The molecule has 0 aromatic heterocycles. The summed E-state index contributed by atoms with van der Waals surface area (Å²) < 4.78 is 16.0. The van der Waals surface area contributed by atoms with E-state index in [1.165, 1.54) is 12.0 Å². The zero-order chi connectivity index (χ0) is 24.7. The van der Waals surface area contributed by atoms with Crippen molar-refractivity contribution in [3.63, 3.8) is 0 Å². The van der Waals surface area contributed by atoms with Gasteiger partial charge in [0.25, 0.3) is 0 Å². The van der Waals surface area contributed by atoms with E-state index in [0.29, 0.717) is 11.3 Å². The fraction of sp³-hybridized carbons (Fsp3) is 0.400. The second-order valence-electron chi connectivity index (χ2n) is 9.36. The van der Waals surface area contributed by atoms with Crippen molar-refractivity contribution in [3.8, 4) is 0 Å². The van der Waals surface area contributed by atoms with E-state index >= 15 is 0 Å². The van der Waals surface area contributed by atoms with Crippen molar-refractivity contribution in [2.75, 3.05) is 12.0 Å². The summed E-state index contributed by atoms with van der Waals surface area (Å²) in [6.07, 6.45) is -3.04. The molecule has 0 aliphatic carbocycles. The van der Waals surface area contributed by atoms with E-state index in [2.05, 4.69) is 0 Å². The number of hydrogen-bond acceptors (Lipinski definition) is 7. The number of ether oxygens (including phenoxy) is 3. The highest BCUT2D eigenvalue weighted by Gasteiger charge is 2.65. The molecule has 2 aliphatic heterocycles. The van der Waals surface area contributed by atoms with Crippen LogP contribution in [0, 0.1) is 0 Å². The Balaban J connectivity index is 1.75. The molecule has 2 amide bonds. The van der Waals surface area contributed by atoms with Crippen LogP contribution >= 0.6 is 0 Å². The normalized spacial score (nSPS) is 23.2. The molecule has 1 fully saturated rings. The molecule has 34 heavy (non-hydrogen) atoms. The Kier molecular flexibility index (Phi) is 5.99. The Labute approximate surface area is 197 Å². The summed E-state index contributed by atoms with van der Waals surface area (Å²) in [5.41, 5.74) is -0.991. The fourth-order valence-corrected chi connectivity index (χ4v) is 4.53. The van der Waals surface area contributed by atoms with Crippen LogP contribution in [0.1, 0.15) is 38.3 Å². The van der Waals surface area contributed by atoms with Gasteiger partial charge in [-0.2, -0.15) is 0 Å². The monoisotopic (exact) mass is 468 g/mol. The van der Waals surface area contributed by atoms with Gasteiger partial charge < -0.3 is 19.3 Å². The van der Waals surface area contributed by atoms with Gasteiger partial charge in [0.2, 0.25) is 0 Å². The summed E-state index contributed by atoms with van der Waals surface area (Å²) in [4.78, 5) is 41.6. The summed E-state index contributed by atoms with van der Waals surface area (Å²) in [7, 11) is 1.20. The second kappa shape index (κ2) is 8.64.